The van der Waals surface area contributed by atoms with Gasteiger partial charge in [-0.2, -0.15) is 5.10 Å². The molecule has 2 heterocycles. The zero-order chi connectivity index (χ0) is 18.4. The normalized spacial score (nSPS) is 10.8. The summed E-state index contributed by atoms with van der Waals surface area (Å²) in [5.41, 5.74) is 7.30. The van der Waals surface area contributed by atoms with Crippen LogP contribution in [0.15, 0.2) is 64.4 Å². The number of hydrogen-bond acceptors (Lipinski definition) is 4. The first-order chi connectivity index (χ1) is 12.6. The summed E-state index contributed by atoms with van der Waals surface area (Å²) in [6, 6.07) is 14.0. The molecule has 6 heteroatoms. The van der Waals surface area contributed by atoms with Gasteiger partial charge in [0.2, 0.25) is 0 Å². The maximum absolute atomic E-state index is 5.83. The van der Waals surface area contributed by atoms with Crippen molar-refractivity contribution in [3.05, 3.63) is 77.3 Å². The lowest BCUT2D eigenvalue weighted by Crippen LogP contribution is -2.31. The van der Waals surface area contributed by atoms with Crippen LogP contribution >= 0.6 is 12.2 Å². The Kier molecular flexibility index (Phi) is 5.76. The van der Waals surface area contributed by atoms with Crippen LogP contribution in [0, 0.1) is 13.8 Å². The number of furan rings is 1. The molecule has 0 amide bonds. The van der Waals surface area contributed by atoms with Gasteiger partial charge in [0.15, 0.2) is 5.11 Å². The van der Waals surface area contributed by atoms with Crippen LogP contribution in [0.5, 0.6) is 0 Å². The highest BCUT2D eigenvalue weighted by atomic mass is 32.1. The van der Waals surface area contributed by atoms with E-state index in [1.807, 2.05) is 24.3 Å². The first-order valence-electron chi connectivity index (χ1n) is 8.24. The first-order valence-corrected chi connectivity index (χ1v) is 8.65. The molecule has 3 rings (SSSR count). The average molecular weight is 364 g/mol. The number of thiocarbonyl (C=S) groups is 1. The number of aromatic nitrogens is 1. The second kappa shape index (κ2) is 8.40. The molecule has 0 aliphatic rings. The topological polar surface area (TPSA) is 62.5 Å². The van der Waals surface area contributed by atoms with E-state index in [1.165, 1.54) is 11.1 Å². The van der Waals surface area contributed by atoms with Crippen LogP contribution in [0.25, 0.3) is 11.3 Å². The van der Waals surface area contributed by atoms with Crippen LogP contribution in [0.4, 0.5) is 0 Å². The molecular weight excluding hydrogens is 344 g/mol. The summed E-state index contributed by atoms with van der Waals surface area (Å²) in [6.07, 6.45) is 5.13. The average Bonchev–Trinajstić information content (AvgIpc) is 3.09. The van der Waals surface area contributed by atoms with Crippen molar-refractivity contribution >= 4 is 23.5 Å². The number of benzene rings is 1. The Morgan fingerprint density at radius 2 is 2.00 bits per heavy atom. The number of nitrogens with zero attached hydrogens (tertiary/aromatic N) is 2. The Bertz CT molecular complexity index is 898. The lowest BCUT2D eigenvalue weighted by Gasteiger charge is -2.06. The summed E-state index contributed by atoms with van der Waals surface area (Å²) in [4.78, 5) is 4.06. The van der Waals surface area contributed by atoms with Gasteiger partial charge < -0.3 is 9.73 Å². The van der Waals surface area contributed by atoms with Crippen LogP contribution in [0.3, 0.4) is 0 Å². The predicted octanol–water partition coefficient (Wildman–Crippen LogP) is 3.96. The fourth-order valence-electron chi connectivity index (χ4n) is 2.57. The summed E-state index contributed by atoms with van der Waals surface area (Å²) in [5.74, 6) is 1.47. The van der Waals surface area contributed by atoms with Gasteiger partial charge in [-0.05, 0) is 62.0 Å². The van der Waals surface area contributed by atoms with Crippen molar-refractivity contribution < 1.29 is 4.42 Å². The molecule has 0 atom stereocenters. The maximum atomic E-state index is 5.83. The minimum Gasteiger partial charge on any atom is -0.455 e. The molecule has 2 aromatic heterocycles. The molecule has 0 fully saturated rings. The molecule has 0 bridgehead atoms. The lowest BCUT2D eigenvalue weighted by molar-refractivity contribution is 0.574. The van der Waals surface area contributed by atoms with Gasteiger partial charge in [0.05, 0.1) is 6.21 Å². The molecule has 0 saturated heterocycles. The van der Waals surface area contributed by atoms with Crippen molar-refractivity contribution in [1.82, 2.24) is 15.7 Å². The molecule has 0 aliphatic carbocycles. The van der Waals surface area contributed by atoms with Crippen molar-refractivity contribution in [3.63, 3.8) is 0 Å². The number of hydrogen-bond donors (Lipinski definition) is 2. The molecule has 0 radical (unpaired) electrons. The van der Waals surface area contributed by atoms with Crippen LogP contribution in [-0.4, -0.2) is 16.3 Å². The highest BCUT2D eigenvalue weighted by molar-refractivity contribution is 7.80. The van der Waals surface area contributed by atoms with Crippen LogP contribution in [0.1, 0.15) is 22.5 Å². The van der Waals surface area contributed by atoms with Crippen molar-refractivity contribution in [2.24, 2.45) is 5.10 Å². The largest absolute Gasteiger partial charge is 0.455 e. The summed E-state index contributed by atoms with van der Waals surface area (Å²) in [6.45, 7) is 4.74. The van der Waals surface area contributed by atoms with E-state index in [0.29, 0.717) is 17.4 Å². The van der Waals surface area contributed by atoms with E-state index in [9.17, 15) is 0 Å². The monoisotopic (exact) mass is 364 g/mol. The van der Waals surface area contributed by atoms with Gasteiger partial charge in [-0.3, -0.25) is 10.4 Å². The molecule has 3 aromatic rings. The highest BCUT2D eigenvalue weighted by Crippen LogP contribution is 2.23. The van der Waals surface area contributed by atoms with Gasteiger partial charge in [0.25, 0.3) is 0 Å². The zero-order valence-corrected chi connectivity index (χ0v) is 15.5. The quantitative estimate of drug-likeness (QED) is 0.408. The Morgan fingerprint density at radius 1 is 1.19 bits per heavy atom. The zero-order valence-electron chi connectivity index (χ0n) is 14.7. The molecule has 5 nitrogen and oxygen atoms in total. The Labute approximate surface area is 158 Å². The number of rotatable bonds is 5. The standard InChI is InChI=1S/C20H20N4OS/c1-14-8-15(2)10-17(9-14)19-6-5-18(25-19)13-23-24-20(26)22-12-16-4-3-7-21-11-16/h3-11,13H,12H2,1-2H3,(H2,22,24,26). The SMILES string of the molecule is Cc1cc(C)cc(-c2ccc(C=NNC(=S)NCc3cccnc3)o2)c1. The van der Waals surface area contributed by atoms with Gasteiger partial charge in [-0.15, -0.1) is 0 Å². The molecule has 1 aromatic carbocycles. The van der Waals surface area contributed by atoms with Crippen LogP contribution < -0.4 is 10.7 Å². The van der Waals surface area contributed by atoms with Crippen LogP contribution in [0.2, 0.25) is 0 Å². The molecule has 0 aliphatic heterocycles. The summed E-state index contributed by atoms with van der Waals surface area (Å²) in [7, 11) is 0. The van der Waals surface area contributed by atoms with E-state index in [-0.39, 0.29) is 0 Å². The second-order valence-corrected chi connectivity index (χ2v) is 6.40. The van der Waals surface area contributed by atoms with Crippen molar-refractivity contribution in [2.75, 3.05) is 0 Å². The third-order valence-corrected chi connectivity index (χ3v) is 3.90. The molecule has 2 N–H and O–H groups in total. The summed E-state index contributed by atoms with van der Waals surface area (Å²) >= 11 is 5.19. The third-order valence-electron chi connectivity index (χ3n) is 3.67. The highest BCUT2D eigenvalue weighted by Gasteiger charge is 2.05. The second-order valence-electron chi connectivity index (χ2n) is 5.99. The minimum atomic E-state index is 0.436. The van der Waals surface area contributed by atoms with E-state index >= 15 is 0 Å². The predicted molar refractivity (Wildman–Crippen MR) is 108 cm³/mol. The van der Waals surface area contributed by atoms with E-state index in [4.69, 9.17) is 16.6 Å². The van der Waals surface area contributed by atoms with Crippen molar-refractivity contribution in [1.29, 1.82) is 0 Å². The number of nitrogens with one attached hydrogen (secondary N) is 2. The molecule has 0 unspecified atom stereocenters. The van der Waals surface area contributed by atoms with E-state index < -0.39 is 0 Å². The van der Waals surface area contributed by atoms with E-state index in [0.717, 1.165) is 16.9 Å². The maximum Gasteiger partial charge on any atom is 0.187 e. The van der Waals surface area contributed by atoms with Crippen molar-refractivity contribution in [2.45, 2.75) is 20.4 Å². The number of pyridine rings is 1. The smallest absolute Gasteiger partial charge is 0.187 e. The molecular formula is C20H20N4OS. The first kappa shape index (κ1) is 17.8. The van der Waals surface area contributed by atoms with Gasteiger partial charge in [-0.25, -0.2) is 0 Å². The summed E-state index contributed by atoms with van der Waals surface area (Å²) < 4.78 is 5.83. The molecule has 132 valence electrons. The Morgan fingerprint density at radius 3 is 2.73 bits per heavy atom. The fraction of sp³-hybridized carbons (Fsp3) is 0.150. The minimum absolute atomic E-state index is 0.436. The summed E-state index contributed by atoms with van der Waals surface area (Å²) in [5, 5.41) is 7.61. The molecule has 0 saturated carbocycles. The van der Waals surface area contributed by atoms with Crippen molar-refractivity contribution in [3.8, 4) is 11.3 Å². The lowest BCUT2D eigenvalue weighted by atomic mass is 10.1. The number of hydrazone groups is 1. The third kappa shape index (κ3) is 5.00. The van der Waals surface area contributed by atoms with Crippen LogP contribution in [-0.2, 0) is 6.54 Å². The Balaban J connectivity index is 1.54. The fourth-order valence-corrected chi connectivity index (χ4v) is 2.70. The van der Waals surface area contributed by atoms with Gasteiger partial charge in [0.1, 0.15) is 11.5 Å². The number of aryl methyl sites for hydroxylation is 2. The van der Waals surface area contributed by atoms with E-state index in [2.05, 4.69) is 52.9 Å². The molecule has 26 heavy (non-hydrogen) atoms. The Hall–Kier alpha value is -2.99. The molecule has 0 spiro atoms. The van der Waals surface area contributed by atoms with Gasteiger partial charge in [0, 0.05) is 24.5 Å². The van der Waals surface area contributed by atoms with E-state index in [1.54, 1.807) is 18.6 Å². The van der Waals surface area contributed by atoms with Gasteiger partial charge >= 0.3 is 0 Å². The van der Waals surface area contributed by atoms with Gasteiger partial charge in [-0.1, -0.05) is 23.3 Å².